The van der Waals surface area contributed by atoms with E-state index in [9.17, 15) is 14.4 Å². The molecule has 10 heteroatoms. The molecule has 2 heterocycles. The Labute approximate surface area is 258 Å². The van der Waals surface area contributed by atoms with Crippen LogP contribution < -0.4 is 5.56 Å². The van der Waals surface area contributed by atoms with Crippen molar-refractivity contribution in [3.05, 3.63) is 87.1 Å². The molecule has 0 unspecified atom stereocenters. The van der Waals surface area contributed by atoms with Gasteiger partial charge >= 0.3 is 5.97 Å². The zero-order chi connectivity index (χ0) is 31.5. The van der Waals surface area contributed by atoms with E-state index in [2.05, 4.69) is 33.9 Å². The van der Waals surface area contributed by atoms with Crippen LogP contribution in [0.1, 0.15) is 67.7 Å². The summed E-state index contributed by atoms with van der Waals surface area (Å²) in [7, 11) is -2.02. The molecule has 2 aromatic carbocycles. The van der Waals surface area contributed by atoms with E-state index < -0.39 is 14.3 Å². The number of rotatable bonds is 11. The Hall–Kier alpha value is -3.53. The normalized spacial score (nSPS) is 12.1. The molecule has 0 amide bonds. The summed E-state index contributed by atoms with van der Waals surface area (Å²) >= 11 is 6.38. The number of carbonyl (C=O) groups is 2. The Morgan fingerprint density at radius 2 is 1.70 bits per heavy atom. The number of esters is 1. The van der Waals surface area contributed by atoms with Gasteiger partial charge in [0, 0.05) is 22.4 Å². The molecule has 0 radical (unpaired) electrons. The smallest absolute Gasteiger partial charge is 0.356 e. The van der Waals surface area contributed by atoms with Gasteiger partial charge in [-0.05, 0) is 60.3 Å². The molecule has 0 N–H and O–H groups in total. The van der Waals surface area contributed by atoms with Crippen LogP contribution in [-0.2, 0) is 22.3 Å². The topological polar surface area (TPSA) is 92.4 Å². The van der Waals surface area contributed by atoms with Crippen molar-refractivity contribution >= 4 is 42.4 Å². The highest BCUT2D eigenvalue weighted by Gasteiger charge is 2.37. The van der Waals surface area contributed by atoms with Crippen LogP contribution in [0.5, 0.6) is 0 Å². The van der Waals surface area contributed by atoms with E-state index in [0.717, 1.165) is 5.56 Å². The molecular weight excluding hydrogens is 582 g/mol. The number of pyridine rings is 1. The standard InChI is InChI=1S/C33H40ClN3O5Si/c1-8-28(38)30-29(22-13-11-10-12-14-22)26-19-23(34)15-16-25(26)31(39)36(30)21-24-20-27(32(40)41-9-2)37(35-24)17-18-42-43(6,7)33(3,4)5/h10-16,19-20H,8-9,17-18,21H2,1-7H3. The van der Waals surface area contributed by atoms with Crippen LogP contribution >= 0.6 is 11.6 Å². The summed E-state index contributed by atoms with van der Waals surface area (Å²) in [4.78, 5) is 40.5. The number of nitrogens with zero attached hydrogens (tertiary/aromatic N) is 3. The molecule has 0 atom stereocenters. The second-order valence-corrected chi connectivity index (χ2v) is 17.3. The number of ether oxygens (including phenoxy) is 1. The molecule has 0 aliphatic rings. The van der Waals surface area contributed by atoms with Gasteiger partial charge in [-0.15, -0.1) is 0 Å². The molecule has 43 heavy (non-hydrogen) atoms. The number of hydrogen-bond donors (Lipinski definition) is 0. The van der Waals surface area contributed by atoms with Crippen LogP contribution in [0, 0.1) is 0 Å². The minimum atomic E-state index is -2.02. The Morgan fingerprint density at radius 3 is 2.33 bits per heavy atom. The summed E-state index contributed by atoms with van der Waals surface area (Å²) in [6, 6.07) is 16.2. The first-order valence-electron chi connectivity index (χ1n) is 14.6. The quantitative estimate of drug-likeness (QED) is 0.0987. The summed E-state index contributed by atoms with van der Waals surface area (Å²) in [6.45, 7) is 15.3. The molecule has 0 saturated heterocycles. The van der Waals surface area contributed by atoms with Crippen LogP contribution in [0.2, 0.25) is 23.2 Å². The van der Waals surface area contributed by atoms with Crippen LogP contribution in [0.15, 0.2) is 59.4 Å². The van der Waals surface area contributed by atoms with Crippen LogP contribution in [0.25, 0.3) is 21.9 Å². The SMILES string of the molecule is CCOC(=O)c1cc(Cn2c(C(=O)CC)c(-c3ccccc3)c3cc(Cl)ccc3c2=O)nn1CCO[Si](C)(C)C(C)(C)C. The molecule has 8 nitrogen and oxygen atoms in total. The summed E-state index contributed by atoms with van der Waals surface area (Å²) < 4.78 is 14.7. The lowest BCUT2D eigenvalue weighted by atomic mass is 9.94. The third kappa shape index (κ3) is 6.84. The molecular formula is C33H40ClN3O5Si. The summed E-state index contributed by atoms with van der Waals surface area (Å²) in [5.74, 6) is -0.699. The highest BCUT2D eigenvalue weighted by atomic mass is 35.5. The van der Waals surface area contributed by atoms with Crippen molar-refractivity contribution in [3.63, 3.8) is 0 Å². The minimum Gasteiger partial charge on any atom is -0.461 e. The van der Waals surface area contributed by atoms with E-state index >= 15 is 0 Å². The molecule has 228 valence electrons. The monoisotopic (exact) mass is 621 g/mol. The molecule has 0 fully saturated rings. The van der Waals surface area contributed by atoms with Gasteiger partial charge in [0.15, 0.2) is 14.1 Å². The molecule has 4 aromatic rings. The maximum absolute atomic E-state index is 14.0. The van der Waals surface area contributed by atoms with Crippen LogP contribution in [0.4, 0.5) is 0 Å². The van der Waals surface area contributed by atoms with Crippen molar-refractivity contribution in [2.45, 2.75) is 72.3 Å². The van der Waals surface area contributed by atoms with Crippen molar-refractivity contribution in [2.75, 3.05) is 13.2 Å². The molecule has 0 aliphatic carbocycles. The van der Waals surface area contributed by atoms with Gasteiger partial charge < -0.3 is 9.16 Å². The Bertz CT molecular complexity index is 1700. The fourth-order valence-electron chi connectivity index (χ4n) is 4.78. The number of fused-ring (bicyclic) bond motifs is 1. The molecule has 0 aliphatic heterocycles. The summed E-state index contributed by atoms with van der Waals surface area (Å²) in [5.41, 5.74) is 2.09. The number of aromatic nitrogens is 3. The number of Topliss-reactive ketones (excluding diaryl/α,β-unsaturated/α-hetero) is 1. The first kappa shape index (κ1) is 32.4. The maximum Gasteiger partial charge on any atom is 0.356 e. The maximum atomic E-state index is 14.0. The minimum absolute atomic E-state index is 0.0131. The van der Waals surface area contributed by atoms with E-state index in [1.807, 2.05) is 30.3 Å². The lowest BCUT2D eigenvalue weighted by molar-refractivity contribution is 0.0510. The molecule has 2 aromatic heterocycles. The largest absolute Gasteiger partial charge is 0.461 e. The second kappa shape index (κ2) is 13.0. The van der Waals surface area contributed by atoms with Gasteiger partial charge in [-0.3, -0.25) is 18.8 Å². The fourth-order valence-corrected chi connectivity index (χ4v) is 5.98. The molecule has 4 rings (SSSR count). The van der Waals surface area contributed by atoms with Gasteiger partial charge in [0.2, 0.25) is 0 Å². The average Bonchev–Trinajstić information content (AvgIpc) is 3.36. The van der Waals surface area contributed by atoms with Gasteiger partial charge in [0.25, 0.3) is 5.56 Å². The predicted molar refractivity (Wildman–Crippen MR) is 174 cm³/mol. The summed E-state index contributed by atoms with van der Waals surface area (Å²) in [5, 5.41) is 6.26. The van der Waals surface area contributed by atoms with Gasteiger partial charge in [-0.1, -0.05) is 69.6 Å². The third-order valence-electron chi connectivity index (χ3n) is 8.09. The van der Waals surface area contributed by atoms with E-state index in [4.69, 9.17) is 25.9 Å². The highest BCUT2D eigenvalue weighted by Crippen LogP contribution is 2.36. The van der Waals surface area contributed by atoms with Crippen molar-refractivity contribution in [2.24, 2.45) is 0 Å². The molecule has 0 saturated carbocycles. The summed E-state index contributed by atoms with van der Waals surface area (Å²) in [6.07, 6.45) is 0.193. The van der Waals surface area contributed by atoms with E-state index in [1.54, 1.807) is 42.8 Å². The van der Waals surface area contributed by atoms with Crippen LogP contribution in [-0.4, -0.2) is 47.6 Å². The number of benzene rings is 2. The van der Waals surface area contributed by atoms with Gasteiger partial charge in [-0.25, -0.2) is 4.79 Å². The zero-order valence-electron chi connectivity index (χ0n) is 26.0. The number of carbonyl (C=O) groups excluding carboxylic acids is 2. The highest BCUT2D eigenvalue weighted by molar-refractivity contribution is 6.74. The zero-order valence-corrected chi connectivity index (χ0v) is 27.7. The van der Waals surface area contributed by atoms with E-state index in [-0.39, 0.29) is 47.3 Å². The average molecular weight is 622 g/mol. The van der Waals surface area contributed by atoms with Crippen LogP contribution in [0.3, 0.4) is 0 Å². The van der Waals surface area contributed by atoms with Gasteiger partial charge in [-0.2, -0.15) is 5.10 Å². The predicted octanol–water partition coefficient (Wildman–Crippen LogP) is 7.36. The number of ketones is 1. The second-order valence-electron chi connectivity index (χ2n) is 12.0. The molecule has 0 bridgehead atoms. The first-order valence-corrected chi connectivity index (χ1v) is 17.9. The number of hydrogen-bond acceptors (Lipinski definition) is 6. The fraction of sp³-hybridized carbons (Fsp3) is 0.394. The van der Waals surface area contributed by atoms with E-state index in [1.165, 1.54) is 4.57 Å². The first-order chi connectivity index (χ1) is 20.3. The van der Waals surface area contributed by atoms with E-state index in [0.29, 0.717) is 40.2 Å². The Balaban J connectivity index is 1.86. The van der Waals surface area contributed by atoms with Crippen molar-refractivity contribution in [1.82, 2.24) is 14.3 Å². The number of halogens is 1. The Kier molecular flexibility index (Phi) is 9.78. The van der Waals surface area contributed by atoms with Crippen molar-refractivity contribution in [1.29, 1.82) is 0 Å². The lowest BCUT2D eigenvalue weighted by Crippen LogP contribution is -2.41. The Morgan fingerprint density at radius 1 is 1.00 bits per heavy atom. The van der Waals surface area contributed by atoms with Gasteiger partial charge in [0.1, 0.15) is 5.69 Å². The molecule has 0 spiro atoms. The lowest BCUT2D eigenvalue weighted by Gasteiger charge is -2.36. The third-order valence-corrected chi connectivity index (χ3v) is 12.9. The van der Waals surface area contributed by atoms with Crippen molar-refractivity contribution < 1.29 is 18.8 Å². The van der Waals surface area contributed by atoms with Gasteiger partial charge in [0.05, 0.1) is 37.7 Å². The van der Waals surface area contributed by atoms with Crippen molar-refractivity contribution in [3.8, 4) is 11.1 Å².